The van der Waals surface area contributed by atoms with Gasteiger partial charge in [0.15, 0.2) is 0 Å². The molecule has 1 aliphatic heterocycles. The van der Waals surface area contributed by atoms with Gasteiger partial charge in [-0.1, -0.05) is 34.8 Å². The van der Waals surface area contributed by atoms with Crippen molar-refractivity contribution < 1.29 is 0 Å². The zero-order chi connectivity index (χ0) is 10.8. The standard InChI is InChI=1S/C10H11Cl3N2/c11-7-6-8(12)10(14-9(7)13)15-4-2-1-3-5-15/h6H,1-5H2. The Hall–Kier alpha value is -0.180. The van der Waals surface area contributed by atoms with Crippen LogP contribution in [0, 0.1) is 0 Å². The van der Waals surface area contributed by atoms with Crippen LogP contribution in [0.1, 0.15) is 19.3 Å². The summed E-state index contributed by atoms with van der Waals surface area (Å²) in [7, 11) is 0. The average molecular weight is 266 g/mol. The van der Waals surface area contributed by atoms with Crippen LogP contribution in [0.5, 0.6) is 0 Å². The van der Waals surface area contributed by atoms with Crippen LogP contribution in [0.3, 0.4) is 0 Å². The Bertz CT molecular complexity index is 362. The van der Waals surface area contributed by atoms with Crippen molar-refractivity contribution in [2.24, 2.45) is 0 Å². The SMILES string of the molecule is Clc1cc(Cl)c(N2CCCCC2)nc1Cl. The Morgan fingerprint density at radius 3 is 2.33 bits per heavy atom. The summed E-state index contributed by atoms with van der Waals surface area (Å²) >= 11 is 17.8. The molecule has 1 aliphatic rings. The van der Waals surface area contributed by atoms with Gasteiger partial charge in [-0.15, -0.1) is 0 Å². The Balaban J connectivity index is 2.30. The molecule has 0 spiro atoms. The summed E-state index contributed by atoms with van der Waals surface area (Å²) in [4.78, 5) is 6.38. The molecule has 0 aliphatic carbocycles. The summed E-state index contributed by atoms with van der Waals surface area (Å²) in [5, 5.41) is 1.30. The van der Waals surface area contributed by atoms with Gasteiger partial charge in [0.1, 0.15) is 11.0 Å². The van der Waals surface area contributed by atoms with Crippen LogP contribution in [-0.2, 0) is 0 Å². The van der Waals surface area contributed by atoms with Crippen LogP contribution < -0.4 is 4.90 Å². The molecule has 0 N–H and O–H groups in total. The predicted octanol–water partition coefficient (Wildman–Crippen LogP) is 4.03. The number of pyridine rings is 1. The van der Waals surface area contributed by atoms with E-state index in [1.807, 2.05) is 0 Å². The quantitative estimate of drug-likeness (QED) is 0.713. The van der Waals surface area contributed by atoms with Gasteiger partial charge in [-0.3, -0.25) is 0 Å². The van der Waals surface area contributed by atoms with Crippen molar-refractivity contribution in [3.63, 3.8) is 0 Å². The lowest BCUT2D eigenvalue weighted by Crippen LogP contribution is -2.30. The van der Waals surface area contributed by atoms with E-state index < -0.39 is 0 Å². The van der Waals surface area contributed by atoms with Gasteiger partial charge < -0.3 is 4.90 Å². The minimum absolute atomic E-state index is 0.321. The number of hydrogen-bond donors (Lipinski definition) is 0. The van der Waals surface area contributed by atoms with Crippen LogP contribution in [0.2, 0.25) is 15.2 Å². The van der Waals surface area contributed by atoms with Crippen LogP contribution in [0.25, 0.3) is 0 Å². The summed E-state index contributed by atoms with van der Waals surface area (Å²) in [6.07, 6.45) is 3.63. The molecule has 0 aromatic carbocycles. The summed E-state index contributed by atoms with van der Waals surface area (Å²) in [5.74, 6) is 0.755. The molecule has 2 heterocycles. The van der Waals surface area contributed by atoms with E-state index in [0.717, 1.165) is 18.9 Å². The average Bonchev–Trinajstić information content (AvgIpc) is 2.25. The lowest BCUT2D eigenvalue weighted by molar-refractivity contribution is 0.573. The molecule has 1 aromatic rings. The maximum atomic E-state index is 6.09. The first-order valence-electron chi connectivity index (χ1n) is 4.95. The topological polar surface area (TPSA) is 16.1 Å². The molecule has 0 amide bonds. The summed E-state index contributed by atoms with van der Waals surface area (Å²) in [6.45, 7) is 1.98. The smallest absolute Gasteiger partial charge is 0.150 e. The Morgan fingerprint density at radius 2 is 1.67 bits per heavy atom. The molecular formula is C10H11Cl3N2. The van der Waals surface area contributed by atoms with Crippen LogP contribution in [0.15, 0.2) is 6.07 Å². The molecule has 1 aromatic heterocycles. The van der Waals surface area contributed by atoms with E-state index in [1.165, 1.54) is 19.3 Å². The second-order valence-corrected chi connectivity index (χ2v) is 4.79. The fraction of sp³-hybridized carbons (Fsp3) is 0.500. The van der Waals surface area contributed by atoms with E-state index in [4.69, 9.17) is 34.8 Å². The highest BCUT2D eigenvalue weighted by Crippen LogP contribution is 2.32. The first kappa shape index (κ1) is 11.3. The van der Waals surface area contributed by atoms with E-state index in [-0.39, 0.29) is 0 Å². The molecule has 15 heavy (non-hydrogen) atoms. The molecule has 0 atom stereocenters. The van der Waals surface area contributed by atoms with Crippen LogP contribution in [-0.4, -0.2) is 18.1 Å². The third-order valence-electron chi connectivity index (χ3n) is 2.52. The minimum atomic E-state index is 0.321. The van der Waals surface area contributed by atoms with Gasteiger partial charge in [0.25, 0.3) is 0 Å². The number of anilines is 1. The van der Waals surface area contributed by atoms with Crippen molar-refractivity contribution in [3.8, 4) is 0 Å². The van der Waals surface area contributed by atoms with Gasteiger partial charge in [0, 0.05) is 13.1 Å². The van der Waals surface area contributed by atoms with E-state index in [0.29, 0.717) is 15.2 Å². The monoisotopic (exact) mass is 264 g/mol. The predicted molar refractivity (Wildman–Crippen MR) is 65.3 cm³/mol. The van der Waals surface area contributed by atoms with Crippen LogP contribution >= 0.6 is 34.8 Å². The van der Waals surface area contributed by atoms with E-state index in [2.05, 4.69) is 9.88 Å². The largest absolute Gasteiger partial charge is 0.355 e. The van der Waals surface area contributed by atoms with Gasteiger partial charge in [-0.05, 0) is 25.3 Å². The number of halogens is 3. The van der Waals surface area contributed by atoms with Gasteiger partial charge in [-0.25, -0.2) is 4.98 Å². The summed E-state index contributed by atoms with van der Waals surface area (Å²) < 4.78 is 0. The first-order chi connectivity index (χ1) is 7.18. The maximum Gasteiger partial charge on any atom is 0.150 e. The van der Waals surface area contributed by atoms with Crippen molar-refractivity contribution in [2.75, 3.05) is 18.0 Å². The number of nitrogens with zero attached hydrogens (tertiary/aromatic N) is 2. The summed E-state index contributed by atoms with van der Waals surface area (Å²) in [6, 6.07) is 1.66. The van der Waals surface area contributed by atoms with Crippen molar-refractivity contribution in [2.45, 2.75) is 19.3 Å². The van der Waals surface area contributed by atoms with E-state index >= 15 is 0 Å². The Labute approximate surface area is 104 Å². The maximum absolute atomic E-state index is 6.09. The number of hydrogen-bond acceptors (Lipinski definition) is 2. The molecule has 1 fully saturated rings. The molecule has 0 bridgehead atoms. The highest BCUT2D eigenvalue weighted by Gasteiger charge is 2.16. The Kier molecular flexibility index (Phi) is 3.60. The highest BCUT2D eigenvalue weighted by atomic mass is 35.5. The number of piperidine rings is 1. The van der Waals surface area contributed by atoms with Gasteiger partial charge in [-0.2, -0.15) is 0 Å². The zero-order valence-electron chi connectivity index (χ0n) is 8.14. The molecule has 0 unspecified atom stereocenters. The first-order valence-corrected chi connectivity index (χ1v) is 6.08. The normalized spacial score (nSPS) is 16.9. The third kappa shape index (κ3) is 2.49. The zero-order valence-corrected chi connectivity index (χ0v) is 10.4. The molecule has 0 saturated carbocycles. The number of aromatic nitrogens is 1. The minimum Gasteiger partial charge on any atom is -0.355 e. The molecular weight excluding hydrogens is 254 g/mol. The number of rotatable bonds is 1. The lowest BCUT2D eigenvalue weighted by atomic mass is 10.1. The molecule has 2 nitrogen and oxygen atoms in total. The summed E-state index contributed by atoms with van der Waals surface area (Å²) in [5.41, 5.74) is 0. The van der Waals surface area contributed by atoms with Crippen molar-refractivity contribution in [1.29, 1.82) is 0 Å². The third-order valence-corrected chi connectivity index (χ3v) is 3.47. The van der Waals surface area contributed by atoms with Crippen molar-refractivity contribution in [3.05, 3.63) is 21.3 Å². The fourth-order valence-corrected chi connectivity index (χ4v) is 2.38. The van der Waals surface area contributed by atoms with Gasteiger partial charge in [0.2, 0.25) is 0 Å². The van der Waals surface area contributed by atoms with E-state index in [1.54, 1.807) is 6.07 Å². The molecule has 2 rings (SSSR count). The Morgan fingerprint density at radius 1 is 1.00 bits per heavy atom. The van der Waals surface area contributed by atoms with E-state index in [9.17, 15) is 0 Å². The molecule has 82 valence electrons. The van der Waals surface area contributed by atoms with Crippen molar-refractivity contribution >= 4 is 40.6 Å². The second-order valence-electron chi connectivity index (χ2n) is 3.61. The molecule has 1 saturated heterocycles. The highest BCUT2D eigenvalue weighted by molar-refractivity contribution is 6.42. The fourth-order valence-electron chi connectivity index (χ4n) is 1.76. The lowest BCUT2D eigenvalue weighted by Gasteiger charge is -2.28. The van der Waals surface area contributed by atoms with Crippen molar-refractivity contribution in [1.82, 2.24) is 4.98 Å². The molecule has 5 heteroatoms. The van der Waals surface area contributed by atoms with Crippen LogP contribution in [0.4, 0.5) is 5.82 Å². The molecule has 0 radical (unpaired) electrons. The second kappa shape index (κ2) is 4.77. The van der Waals surface area contributed by atoms with Gasteiger partial charge in [0.05, 0.1) is 10.0 Å². The van der Waals surface area contributed by atoms with Gasteiger partial charge >= 0.3 is 0 Å².